The van der Waals surface area contributed by atoms with E-state index in [2.05, 4.69) is 19.7 Å². The van der Waals surface area contributed by atoms with E-state index >= 15 is 0 Å². The second-order valence-electron chi connectivity index (χ2n) is 3.67. The Labute approximate surface area is 109 Å². The number of hydrogen-bond donors (Lipinski definition) is 0. The lowest BCUT2D eigenvalue weighted by Crippen LogP contribution is -2.31. The molecule has 0 atom stereocenters. The molecular formula is C14H17NO2S. The van der Waals surface area contributed by atoms with Crippen molar-refractivity contribution in [3.63, 3.8) is 0 Å². The van der Waals surface area contributed by atoms with Crippen LogP contribution in [-0.4, -0.2) is 25.8 Å². The summed E-state index contributed by atoms with van der Waals surface area (Å²) in [6.07, 6.45) is 4.78. The summed E-state index contributed by atoms with van der Waals surface area (Å²) in [4.78, 5) is 0.261. The smallest absolute Gasteiger partial charge is 0.207 e. The van der Waals surface area contributed by atoms with Crippen LogP contribution in [0.1, 0.15) is 5.56 Å². The van der Waals surface area contributed by atoms with E-state index in [0.29, 0.717) is 0 Å². The van der Waals surface area contributed by atoms with Crippen molar-refractivity contribution in [1.29, 1.82) is 0 Å². The van der Waals surface area contributed by atoms with Crippen LogP contribution < -0.4 is 0 Å². The molecule has 0 spiro atoms. The fourth-order valence-electron chi connectivity index (χ4n) is 1.48. The number of benzene rings is 1. The lowest BCUT2D eigenvalue weighted by molar-refractivity contribution is 0.474. The first-order chi connectivity index (χ1) is 8.56. The van der Waals surface area contributed by atoms with Crippen LogP contribution >= 0.6 is 0 Å². The molecule has 0 unspecified atom stereocenters. The molecule has 0 saturated carbocycles. The molecular weight excluding hydrogens is 246 g/mol. The third kappa shape index (κ3) is 3.18. The van der Waals surface area contributed by atoms with Crippen molar-refractivity contribution >= 4 is 16.1 Å². The minimum atomic E-state index is -3.49. The van der Waals surface area contributed by atoms with Gasteiger partial charge in [-0.1, -0.05) is 36.9 Å². The predicted octanol–water partition coefficient (Wildman–Crippen LogP) is 2.69. The standard InChI is InChI=1S/C14H17NO2S/c1-4-11-15(12-5-2)18(16,17)14-9-7-13(6-3)8-10-14/h4-10H,1-3,11-12H2. The van der Waals surface area contributed by atoms with Gasteiger partial charge >= 0.3 is 0 Å². The molecule has 0 aliphatic heterocycles. The zero-order valence-corrected chi connectivity index (χ0v) is 11.1. The summed E-state index contributed by atoms with van der Waals surface area (Å²) < 4.78 is 25.9. The van der Waals surface area contributed by atoms with Gasteiger partial charge in [0.25, 0.3) is 0 Å². The van der Waals surface area contributed by atoms with Crippen LogP contribution in [0.5, 0.6) is 0 Å². The molecule has 0 N–H and O–H groups in total. The quantitative estimate of drug-likeness (QED) is 0.709. The normalized spacial score (nSPS) is 11.2. The Morgan fingerprint density at radius 3 is 1.89 bits per heavy atom. The van der Waals surface area contributed by atoms with Gasteiger partial charge < -0.3 is 0 Å². The van der Waals surface area contributed by atoms with Crippen molar-refractivity contribution in [3.05, 3.63) is 61.7 Å². The van der Waals surface area contributed by atoms with Crippen molar-refractivity contribution in [3.8, 4) is 0 Å². The molecule has 1 rings (SSSR count). The average molecular weight is 263 g/mol. The highest BCUT2D eigenvalue weighted by atomic mass is 32.2. The molecule has 0 aromatic heterocycles. The van der Waals surface area contributed by atoms with Crippen LogP contribution in [0.15, 0.2) is 61.0 Å². The molecule has 18 heavy (non-hydrogen) atoms. The summed E-state index contributed by atoms with van der Waals surface area (Å²) >= 11 is 0. The predicted molar refractivity (Wildman–Crippen MR) is 75.7 cm³/mol. The number of rotatable bonds is 7. The van der Waals surface area contributed by atoms with Gasteiger partial charge in [-0.15, -0.1) is 13.2 Å². The summed E-state index contributed by atoms with van der Waals surface area (Å²) in [6, 6.07) is 6.59. The Balaban J connectivity index is 3.12. The molecule has 0 radical (unpaired) electrons. The molecule has 4 heteroatoms. The van der Waals surface area contributed by atoms with E-state index in [1.165, 1.54) is 4.31 Å². The Morgan fingerprint density at radius 2 is 1.50 bits per heavy atom. The summed E-state index contributed by atoms with van der Waals surface area (Å²) in [7, 11) is -3.49. The maximum absolute atomic E-state index is 12.3. The molecule has 0 aliphatic carbocycles. The molecule has 96 valence electrons. The molecule has 3 nitrogen and oxygen atoms in total. The first-order valence-electron chi connectivity index (χ1n) is 5.50. The monoisotopic (exact) mass is 263 g/mol. The Morgan fingerprint density at radius 1 is 1.00 bits per heavy atom. The van der Waals surface area contributed by atoms with Gasteiger partial charge in [-0.25, -0.2) is 8.42 Å². The van der Waals surface area contributed by atoms with Gasteiger partial charge in [0.2, 0.25) is 10.0 Å². The van der Waals surface area contributed by atoms with Gasteiger partial charge in [-0.3, -0.25) is 0 Å². The van der Waals surface area contributed by atoms with Crippen molar-refractivity contribution in [1.82, 2.24) is 4.31 Å². The van der Waals surface area contributed by atoms with E-state index in [-0.39, 0.29) is 18.0 Å². The van der Waals surface area contributed by atoms with Crippen molar-refractivity contribution in [2.24, 2.45) is 0 Å². The van der Waals surface area contributed by atoms with E-state index in [0.717, 1.165) is 5.56 Å². The fraction of sp³-hybridized carbons (Fsp3) is 0.143. The highest BCUT2D eigenvalue weighted by molar-refractivity contribution is 7.89. The van der Waals surface area contributed by atoms with Gasteiger partial charge in [0.1, 0.15) is 0 Å². The first kappa shape index (κ1) is 14.4. The van der Waals surface area contributed by atoms with Gasteiger partial charge in [-0.05, 0) is 17.7 Å². The maximum atomic E-state index is 12.3. The van der Waals surface area contributed by atoms with Crippen molar-refractivity contribution in [2.45, 2.75) is 4.90 Å². The van der Waals surface area contributed by atoms with E-state index in [4.69, 9.17) is 0 Å². The summed E-state index contributed by atoms with van der Waals surface area (Å²) in [5, 5.41) is 0. The number of nitrogens with zero attached hydrogens (tertiary/aromatic N) is 1. The maximum Gasteiger partial charge on any atom is 0.243 e. The average Bonchev–Trinajstić information content (AvgIpc) is 2.38. The lowest BCUT2D eigenvalue weighted by atomic mass is 10.2. The molecule has 0 amide bonds. The summed E-state index contributed by atoms with van der Waals surface area (Å²) in [5.74, 6) is 0. The van der Waals surface area contributed by atoms with Crippen LogP contribution in [0, 0.1) is 0 Å². The molecule has 0 saturated heterocycles. The van der Waals surface area contributed by atoms with E-state index in [1.54, 1.807) is 42.5 Å². The third-order valence-corrected chi connectivity index (χ3v) is 4.26. The largest absolute Gasteiger partial charge is 0.243 e. The zero-order valence-electron chi connectivity index (χ0n) is 10.2. The second-order valence-corrected chi connectivity index (χ2v) is 5.61. The van der Waals surface area contributed by atoms with Crippen molar-refractivity contribution < 1.29 is 8.42 Å². The molecule has 0 aliphatic rings. The molecule has 0 fully saturated rings. The minimum absolute atomic E-state index is 0.261. The van der Waals surface area contributed by atoms with E-state index in [1.807, 2.05) is 0 Å². The highest BCUT2D eigenvalue weighted by Crippen LogP contribution is 2.16. The lowest BCUT2D eigenvalue weighted by Gasteiger charge is -2.19. The number of sulfonamides is 1. The first-order valence-corrected chi connectivity index (χ1v) is 6.94. The molecule has 1 aromatic rings. The van der Waals surface area contributed by atoms with Crippen LogP contribution in [-0.2, 0) is 10.0 Å². The number of hydrogen-bond acceptors (Lipinski definition) is 2. The van der Waals surface area contributed by atoms with Crippen LogP contribution in [0.2, 0.25) is 0 Å². The zero-order chi connectivity index (χ0) is 13.6. The highest BCUT2D eigenvalue weighted by Gasteiger charge is 2.21. The molecule has 0 heterocycles. The van der Waals surface area contributed by atoms with E-state index < -0.39 is 10.0 Å². The summed E-state index contributed by atoms with van der Waals surface area (Å²) in [5.41, 5.74) is 0.882. The Kier molecular flexibility index (Phi) is 5.07. The molecule has 0 bridgehead atoms. The Hall–Kier alpha value is -1.65. The van der Waals surface area contributed by atoms with Gasteiger partial charge in [0.15, 0.2) is 0 Å². The fourth-order valence-corrected chi connectivity index (χ4v) is 2.87. The van der Waals surface area contributed by atoms with Gasteiger partial charge in [-0.2, -0.15) is 4.31 Å². The van der Waals surface area contributed by atoms with E-state index in [9.17, 15) is 8.42 Å². The second kappa shape index (κ2) is 6.33. The SMILES string of the molecule is C=CCN(CC=C)S(=O)(=O)c1ccc(C=C)cc1. The van der Waals surface area contributed by atoms with Gasteiger partial charge in [0, 0.05) is 13.1 Å². The summed E-state index contributed by atoms with van der Waals surface area (Å²) in [6.45, 7) is 11.3. The minimum Gasteiger partial charge on any atom is -0.207 e. The van der Waals surface area contributed by atoms with Crippen molar-refractivity contribution in [2.75, 3.05) is 13.1 Å². The van der Waals surface area contributed by atoms with Gasteiger partial charge in [0.05, 0.1) is 4.90 Å². The Bertz CT molecular complexity index is 519. The van der Waals surface area contributed by atoms with Crippen LogP contribution in [0.25, 0.3) is 6.08 Å². The molecule has 1 aromatic carbocycles. The van der Waals surface area contributed by atoms with Crippen LogP contribution in [0.3, 0.4) is 0 Å². The van der Waals surface area contributed by atoms with Crippen LogP contribution in [0.4, 0.5) is 0 Å². The topological polar surface area (TPSA) is 37.4 Å². The third-order valence-electron chi connectivity index (χ3n) is 2.42.